The highest BCUT2D eigenvalue weighted by atomic mass is 16.2. The molecule has 1 atom stereocenters. The van der Waals surface area contributed by atoms with Crippen molar-refractivity contribution in [3.8, 4) is 0 Å². The van der Waals surface area contributed by atoms with Crippen molar-refractivity contribution in [1.82, 2.24) is 15.1 Å². The van der Waals surface area contributed by atoms with Crippen LogP contribution >= 0.6 is 0 Å². The highest BCUT2D eigenvalue weighted by Gasteiger charge is 2.18. The molecule has 0 radical (unpaired) electrons. The van der Waals surface area contributed by atoms with Gasteiger partial charge in [-0.2, -0.15) is 5.10 Å². The van der Waals surface area contributed by atoms with E-state index in [0.29, 0.717) is 5.82 Å². The predicted octanol–water partition coefficient (Wildman–Crippen LogP) is 1.45. The largest absolute Gasteiger partial charge is 0.357 e. The van der Waals surface area contributed by atoms with Crippen molar-refractivity contribution >= 4 is 11.7 Å². The van der Waals surface area contributed by atoms with Gasteiger partial charge in [0.2, 0.25) is 5.91 Å². The Kier molecular flexibility index (Phi) is 4.87. The molecule has 0 saturated carbocycles. The second-order valence-electron chi connectivity index (χ2n) is 3.99. The molecule has 1 heterocycles. The third-order valence-electron chi connectivity index (χ3n) is 2.60. The minimum Gasteiger partial charge on any atom is -0.357 e. The first-order chi connectivity index (χ1) is 8.08. The summed E-state index contributed by atoms with van der Waals surface area (Å²) in [7, 11) is 0. The predicted molar refractivity (Wildman–Crippen MR) is 67.8 cm³/mol. The van der Waals surface area contributed by atoms with Crippen molar-refractivity contribution in [2.24, 2.45) is 0 Å². The smallest absolute Gasteiger partial charge is 0.244 e. The highest BCUT2D eigenvalue weighted by Crippen LogP contribution is 2.06. The number of hydrogen-bond acceptors (Lipinski definition) is 4. The van der Waals surface area contributed by atoms with E-state index in [1.165, 1.54) is 0 Å². The van der Waals surface area contributed by atoms with Crippen LogP contribution in [0.4, 0.5) is 5.82 Å². The Balaban J connectivity index is 2.65. The second kappa shape index (κ2) is 6.18. The molecule has 5 heteroatoms. The standard InChI is InChI=1S/C12H20N4O/c1-5-16(6-2)12(17)10(4)14-11-7-9(3)8-13-15-11/h7-8,10H,5-6H2,1-4H3,(H,14,15). The molecule has 1 N–H and O–H groups in total. The normalized spacial score (nSPS) is 12.0. The molecule has 1 aromatic rings. The van der Waals surface area contributed by atoms with Gasteiger partial charge in [0.15, 0.2) is 0 Å². The molecule has 5 nitrogen and oxygen atoms in total. The highest BCUT2D eigenvalue weighted by molar-refractivity contribution is 5.83. The Morgan fingerprint density at radius 1 is 1.47 bits per heavy atom. The Morgan fingerprint density at radius 3 is 2.65 bits per heavy atom. The fraction of sp³-hybridized carbons (Fsp3) is 0.583. The number of carbonyl (C=O) groups excluding carboxylic acids is 1. The molecule has 0 bridgehead atoms. The minimum atomic E-state index is -0.286. The van der Waals surface area contributed by atoms with E-state index >= 15 is 0 Å². The van der Waals surface area contributed by atoms with Gasteiger partial charge in [-0.25, -0.2) is 0 Å². The number of likely N-dealkylation sites (N-methyl/N-ethyl adjacent to an activating group) is 1. The maximum absolute atomic E-state index is 12.0. The lowest BCUT2D eigenvalue weighted by Crippen LogP contribution is -2.41. The number of rotatable bonds is 5. The number of aromatic nitrogens is 2. The van der Waals surface area contributed by atoms with E-state index < -0.39 is 0 Å². The molecule has 0 aliphatic heterocycles. The van der Waals surface area contributed by atoms with Crippen LogP contribution in [0, 0.1) is 6.92 Å². The number of aryl methyl sites for hydroxylation is 1. The van der Waals surface area contributed by atoms with Gasteiger partial charge < -0.3 is 10.2 Å². The monoisotopic (exact) mass is 236 g/mol. The quantitative estimate of drug-likeness (QED) is 0.840. The van der Waals surface area contributed by atoms with Crippen molar-refractivity contribution in [2.75, 3.05) is 18.4 Å². The third kappa shape index (κ3) is 3.69. The minimum absolute atomic E-state index is 0.0818. The first kappa shape index (κ1) is 13.4. The summed E-state index contributed by atoms with van der Waals surface area (Å²) in [6, 6.07) is 1.59. The van der Waals surface area contributed by atoms with E-state index in [1.54, 1.807) is 11.1 Å². The molecular weight excluding hydrogens is 216 g/mol. The van der Waals surface area contributed by atoms with Crippen LogP contribution in [0.5, 0.6) is 0 Å². The number of anilines is 1. The molecule has 1 amide bonds. The van der Waals surface area contributed by atoms with Crippen LogP contribution < -0.4 is 5.32 Å². The van der Waals surface area contributed by atoms with Gasteiger partial charge in [0.05, 0.1) is 6.20 Å². The van der Waals surface area contributed by atoms with Gasteiger partial charge in [-0.15, -0.1) is 5.10 Å². The zero-order chi connectivity index (χ0) is 12.8. The average Bonchev–Trinajstić information content (AvgIpc) is 2.30. The van der Waals surface area contributed by atoms with Crippen molar-refractivity contribution in [2.45, 2.75) is 33.7 Å². The summed E-state index contributed by atoms with van der Waals surface area (Å²) in [6.07, 6.45) is 1.68. The molecule has 1 aromatic heterocycles. The maximum atomic E-state index is 12.0. The lowest BCUT2D eigenvalue weighted by Gasteiger charge is -2.23. The van der Waals surface area contributed by atoms with Crippen molar-refractivity contribution in [3.05, 3.63) is 17.8 Å². The zero-order valence-corrected chi connectivity index (χ0v) is 10.9. The van der Waals surface area contributed by atoms with Crippen LogP contribution in [-0.4, -0.2) is 40.1 Å². The molecular formula is C12H20N4O. The SMILES string of the molecule is CCN(CC)C(=O)C(C)Nc1cc(C)cnn1. The fourth-order valence-corrected chi connectivity index (χ4v) is 1.63. The number of amides is 1. The molecule has 1 rings (SSSR count). The summed E-state index contributed by atoms with van der Waals surface area (Å²) >= 11 is 0. The average molecular weight is 236 g/mol. The lowest BCUT2D eigenvalue weighted by atomic mass is 10.2. The topological polar surface area (TPSA) is 58.1 Å². The maximum Gasteiger partial charge on any atom is 0.244 e. The Bertz CT molecular complexity index is 377. The summed E-state index contributed by atoms with van der Waals surface area (Å²) in [5.74, 6) is 0.719. The summed E-state index contributed by atoms with van der Waals surface area (Å²) < 4.78 is 0. The van der Waals surface area contributed by atoms with E-state index in [-0.39, 0.29) is 11.9 Å². The summed E-state index contributed by atoms with van der Waals surface area (Å²) in [5, 5.41) is 10.9. The van der Waals surface area contributed by atoms with Crippen LogP contribution in [0.25, 0.3) is 0 Å². The number of carbonyl (C=O) groups is 1. The van der Waals surface area contributed by atoms with Crippen LogP contribution in [0.15, 0.2) is 12.3 Å². The Morgan fingerprint density at radius 2 is 2.12 bits per heavy atom. The molecule has 0 fully saturated rings. The Hall–Kier alpha value is -1.65. The van der Waals surface area contributed by atoms with Crippen LogP contribution in [0.2, 0.25) is 0 Å². The molecule has 0 spiro atoms. The van der Waals surface area contributed by atoms with E-state index in [0.717, 1.165) is 18.7 Å². The second-order valence-corrected chi connectivity index (χ2v) is 3.99. The summed E-state index contributed by atoms with van der Waals surface area (Å²) in [6.45, 7) is 9.17. The van der Waals surface area contributed by atoms with Crippen LogP contribution in [0.3, 0.4) is 0 Å². The van der Waals surface area contributed by atoms with Gasteiger partial charge >= 0.3 is 0 Å². The van der Waals surface area contributed by atoms with E-state index in [1.807, 2.05) is 33.8 Å². The Labute approximate surface area is 102 Å². The van der Waals surface area contributed by atoms with E-state index in [9.17, 15) is 4.79 Å². The van der Waals surface area contributed by atoms with Gasteiger partial charge in [-0.1, -0.05) is 0 Å². The molecule has 0 saturated heterocycles. The number of nitrogens with zero attached hydrogens (tertiary/aromatic N) is 3. The lowest BCUT2D eigenvalue weighted by molar-refractivity contribution is -0.131. The fourth-order valence-electron chi connectivity index (χ4n) is 1.63. The zero-order valence-electron chi connectivity index (χ0n) is 10.9. The molecule has 0 aliphatic rings. The number of nitrogens with one attached hydrogen (secondary N) is 1. The third-order valence-corrected chi connectivity index (χ3v) is 2.60. The van der Waals surface area contributed by atoms with Gasteiger partial charge in [0.1, 0.15) is 11.9 Å². The molecule has 17 heavy (non-hydrogen) atoms. The summed E-state index contributed by atoms with van der Waals surface area (Å²) in [4.78, 5) is 13.8. The molecule has 0 aliphatic carbocycles. The first-order valence-electron chi connectivity index (χ1n) is 5.93. The van der Waals surface area contributed by atoms with Gasteiger partial charge in [-0.05, 0) is 39.3 Å². The van der Waals surface area contributed by atoms with Crippen LogP contribution in [-0.2, 0) is 4.79 Å². The van der Waals surface area contributed by atoms with Gasteiger partial charge in [0, 0.05) is 13.1 Å². The van der Waals surface area contributed by atoms with Crippen molar-refractivity contribution in [3.63, 3.8) is 0 Å². The number of hydrogen-bond donors (Lipinski definition) is 1. The van der Waals surface area contributed by atoms with Crippen LogP contribution in [0.1, 0.15) is 26.3 Å². The molecule has 94 valence electrons. The van der Waals surface area contributed by atoms with Gasteiger partial charge in [0.25, 0.3) is 0 Å². The molecule has 0 aromatic carbocycles. The van der Waals surface area contributed by atoms with Crippen molar-refractivity contribution < 1.29 is 4.79 Å². The summed E-state index contributed by atoms with van der Waals surface area (Å²) in [5.41, 5.74) is 1.02. The van der Waals surface area contributed by atoms with E-state index in [2.05, 4.69) is 15.5 Å². The van der Waals surface area contributed by atoms with E-state index in [4.69, 9.17) is 0 Å². The van der Waals surface area contributed by atoms with Crippen molar-refractivity contribution in [1.29, 1.82) is 0 Å². The van der Waals surface area contributed by atoms with Gasteiger partial charge in [-0.3, -0.25) is 4.79 Å². The molecule has 1 unspecified atom stereocenters. The first-order valence-corrected chi connectivity index (χ1v) is 5.93.